The monoisotopic (exact) mass is 482 g/mol. The van der Waals surface area contributed by atoms with Crippen molar-refractivity contribution in [1.82, 2.24) is 15.0 Å². The molecule has 1 aliphatic heterocycles. The lowest BCUT2D eigenvalue weighted by Crippen LogP contribution is -2.30. The summed E-state index contributed by atoms with van der Waals surface area (Å²) in [5.41, 5.74) is 3.83. The van der Waals surface area contributed by atoms with E-state index in [1.165, 1.54) is 4.90 Å². The number of pyridine rings is 1. The number of anilines is 1. The number of nitrogens with zero attached hydrogens (tertiary/aromatic N) is 3. The molecule has 3 heterocycles. The van der Waals surface area contributed by atoms with Crippen LogP contribution in [0.4, 0.5) is 5.95 Å². The maximum atomic E-state index is 13.5. The lowest BCUT2D eigenvalue weighted by molar-refractivity contribution is -0.132. The highest BCUT2D eigenvalue weighted by atomic mass is 16.5. The van der Waals surface area contributed by atoms with Crippen LogP contribution in [0, 0.1) is 6.92 Å². The number of aliphatic hydroxyl groups excluding tert-OH is 1. The van der Waals surface area contributed by atoms with Gasteiger partial charge in [0, 0.05) is 11.8 Å². The van der Waals surface area contributed by atoms with Crippen molar-refractivity contribution >= 4 is 34.4 Å². The maximum absolute atomic E-state index is 13.5. The van der Waals surface area contributed by atoms with Crippen molar-refractivity contribution in [1.29, 1.82) is 0 Å². The third kappa shape index (κ3) is 3.71. The fourth-order valence-electron chi connectivity index (χ4n) is 4.65. The number of aliphatic hydroxyl groups is 1. The van der Waals surface area contributed by atoms with Crippen LogP contribution in [0.2, 0.25) is 0 Å². The molecular formula is C28H26N4O4. The summed E-state index contributed by atoms with van der Waals surface area (Å²) in [6.45, 7) is 5.86. The van der Waals surface area contributed by atoms with E-state index >= 15 is 0 Å². The molecule has 36 heavy (non-hydrogen) atoms. The molecule has 0 radical (unpaired) electrons. The van der Waals surface area contributed by atoms with Gasteiger partial charge < -0.3 is 14.8 Å². The topological polar surface area (TPSA) is 108 Å². The minimum atomic E-state index is -0.962. The Morgan fingerprint density at radius 2 is 1.86 bits per heavy atom. The van der Waals surface area contributed by atoms with Crippen LogP contribution >= 0.6 is 0 Å². The Balaban J connectivity index is 1.75. The van der Waals surface area contributed by atoms with Crippen molar-refractivity contribution in [3.05, 3.63) is 88.8 Å². The van der Waals surface area contributed by atoms with Gasteiger partial charge in [-0.25, -0.2) is 4.98 Å². The van der Waals surface area contributed by atoms with Gasteiger partial charge in [0.25, 0.3) is 5.78 Å². The molecule has 8 nitrogen and oxygen atoms in total. The molecular weight excluding hydrogens is 456 g/mol. The number of hydrogen-bond donors (Lipinski definition) is 2. The van der Waals surface area contributed by atoms with E-state index in [9.17, 15) is 14.7 Å². The molecule has 1 unspecified atom stereocenters. The number of benzene rings is 2. The van der Waals surface area contributed by atoms with Crippen LogP contribution in [0.5, 0.6) is 5.75 Å². The zero-order valence-corrected chi connectivity index (χ0v) is 20.4. The van der Waals surface area contributed by atoms with E-state index in [0.29, 0.717) is 28.1 Å². The number of aromatic amines is 1. The van der Waals surface area contributed by atoms with E-state index in [4.69, 9.17) is 4.74 Å². The molecule has 0 spiro atoms. The maximum Gasteiger partial charge on any atom is 0.302 e. The third-order valence-corrected chi connectivity index (χ3v) is 6.47. The predicted octanol–water partition coefficient (Wildman–Crippen LogP) is 5.02. The Labute approximate surface area is 208 Å². The smallest absolute Gasteiger partial charge is 0.302 e. The van der Waals surface area contributed by atoms with Gasteiger partial charge in [0.05, 0.1) is 29.4 Å². The molecule has 5 rings (SSSR count). The largest absolute Gasteiger partial charge is 0.507 e. The molecule has 0 aliphatic carbocycles. The van der Waals surface area contributed by atoms with E-state index in [0.717, 1.165) is 11.1 Å². The number of amides is 1. The molecule has 8 heteroatoms. The van der Waals surface area contributed by atoms with Gasteiger partial charge >= 0.3 is 5.91 Å². The molecule has 1 amide bonds. The lowest BCUT2D eigenvalue weighted by Gasteiger charge is -2.22. The Morgan fingerprint density at radius 1 is 1.11 bits per heavy atom. The quantitative estimate of drug-likeness (QED) is 0.235. The summed E-state index contributed by atoms with van der Waals surface area (Å²) in [7, 11) is 1.60. The fourth-order valence-corrected chi connectivity index (χ4v) is 4.65. The van der Waals surface area contributed by atoms with Crippen LogP contribution in [0.15, 0.2) is 66.4 Å². The first-order valence-corrected chi connectivity index (χ1v) is 11.7. The van der Waals surface area contributed by atoms with Gasteiger partial charge in [-0.2, -0.15) is 0 Å². The molecule has 1 atom stereocenters. The predicted molar refractivity (Wildman–Crippen MR) is 137 cm³/mol. The second kappa shape index (κ2) is 8.96. The second-order valence-corrected chi connectivity index (χ2v) is 9.07. The number of carbonyl (C=O) groups excluding carboxylic acids is 2. The number of aromatic nitrogens is 3. The fraction of sp³-hybridized carbons (Fsp3) is 0.214. The standard InChI is InChI=1S/C28H26N4O4/c1-15(2)17-14-18(16(3)13-22(17)36-4)25(33)23-24(21-11-7-8-12-29-21)32(27(35)26(23)34)28-30-19-9-5-6-10-20(19)31-28/h5-15,24,33H,1-4H3,(H,30,31)/b25-23+. The highest BCUT2D eigenvalue weighted by molar-refractivity contribution is 6.51. The SMILES string of the molecule is COc1cc(C)c(/C(O)=C2\C(=O)C(=O)N(c3nc4ccccc4[nH]3)C2c2ccccn2)cc1C(C)C. The van der Waals surface area contributed by atoms with Crippen molar-refractivity contribution in [3.63, 3.8) is 0 Å². The first-order chi connectivity index (χ1) is 17.3. The molecule has 2 N–H and O–H groups in total. The van der Waals surface area contributed by atoms with Gasteiger partial charge in [0.2, 0.25) is 5.95 Å². The zero-order valence-electron chi connectivity index (χ0n) is 20.4. The number of aryl methyl sites for hydroxylation is 1. The van der Waals surface area contributed by atoms with Crippen LogP contribution in [-0.4, -0.2) is 38.9 Å². The molecule has 182 valence electrons. The van der Waals surface area contributed by atoms with Gasteiger partial charge in [-0.3, -0.25) is 19.5 Å². The summed E-state index contributed by atoms with van der Waals surface area (Å²) in [6, 6.07) is 15.3. The summed E-state index contributed by atoms with van der Waals surface area (Å²) >= 11 is 0. The van der Waals surface area contributed by atoms with Crippen LogP contribution in [0.3, 0.4) is 0 Å². The summed E-state index contributed by atoms with van der Waals surface area (Å²) in [5.74, 6) is -0.835. The number of methoxy groups -OCH3 is 1. The van der Waals surface area contributed by atoms with Gasteiger partial charge in [0.1, 0.15) is 17.6 Å². The molecule has 0 bridgehead atoms. The van der Waals surface area contributed by atoms with E-state index in [2.05, 4.69) is 15.0 Å². The summed E-state index contributed by atoms with van der Waals surface area (Å²) < 4.78 is 5.53. The number of carbonyl (C=O) groups is 2. The van der Waals surface area contributed by atoms with E-state index in [1.54, 1.807) is 31.5 Å². The van der Waals surface area contributed by atoms with Crippen molar-refractivity contribution < 1.29 is 19.4 Å². The Bertz CT molecular complexity index is 1490. The van der Waals surface area contributed by atoms with Crippen molar-refractivity contribution in [2.45, 2.75) is 32.7 Å². The van der Waals surface area contributed by atoms with E-state index < -0.39 is 17.7 Å². The number of nitrogens with one attached hydrogen (secondary N) is 1. The first kappa shape index (κ1) is 23.3. The molecule has 2 aromatic heterocycles. The van der Waals surface area contributed by atoms with Gasteiger partial charge in [-0.05, 0) is 60.4 Å². The highest BCUT2D eigenvalue weighted by Crippen LogP contribution is 2.42. The van der Waals surface area contributed by atoms with Gasteiger partial charge in [-0.15, -0.1) is 0 Å². The number of ether oxygens (including phenoxy) is 1. The number of imidazole rings is 1. The first-order valence-electron chi connectivity index (χ1n) is 11.7. The third-order valence-electron chi connectivity index (χ3n) is 6.47. The molecule has 2 aromatic carbocycles. The molecule has 4 aromatic rings. The number of hydrogen-bond acceptors (Lipinski definition) is 6. The average molecular weight is 483 g/mol. The second-order valence-electron chi connectivity index (χ2n) is 9.07. The number of Topliss-reactive ketones (excluding diaryl/α,β-unsaturated/α-hetero) is 1. The van der Waals surface area contributed by atoms with E-state index in [-0.39, 0.29) is 23.2 Å². The summed E-state index contributed by atoms with van der Waals surface area (Å²) in [6.07, 6.45) is 1.59. The Morgan fingerprint density at radius 3 is 2.53 bits per heavy atom. The molecule has 1 saturated heterocycles. The lowest BCUT2D eigenvalue weighted by atomic mass is 9.92. The zero-order chi connectivity index (χ0) is 25.6. The van der Waals surface area contributed by atoms with Crippen LogP contribution in [0.1, 0.15) is 48.2 Å². The van der Waals surface area contributed by atoms with Gasteiger partial charge in [0.15, 0.2) is 0 Å². The van der Waals surface area contributed by atoms with Crippen molar-refractivity contribution in [2.75, 3.05) is 12.0 Å². The Kier molecular flexibility index (Phi) is 5.80. The summed E-state index contributed by atoms with van der Waals surface area (Å²) in [5, 5.41) is 11.6. The number of fused-ring (bicyclic) bond motifs is 1. The number of para-hydroxylation sites is 2. The van der Waals surface area contributed by atoms with Crippen LogP contribution in [-0.2, 0) is 9.59 Å². The highest BCUT2D eigenvalue weighted by Gasteiger charge is 2.49. The molecule has 1 fully saturated rings. The number of ketones is 1. The van der Waals surface area contributed by atoms with Crippen LogP contribution < -0.4 is 9.64 Å². The number of H-pyrrole nitrogens is 1. The molecule has 0 saturated carbocycles. The van der Waals surface area contributed by atoms with Crippen LogP contribution in [0.25, 0.3) is 16.8 Å². The van der Waals surface area contributed by atoms with Gasteiger partial charge in [-0.1, -0.05) is 32.0 Å². The minimum Gasteiger partial charge on any atom is -0.507 e. The average Bonchev–Trinajstić information content (AvgIpc) is 3.42. The minimum absolute atomic E-state index is 0.0397. The number of rotatable bonds is 5. The Hall–Kier alpha value is -4.46. The summed E-state index contributed by atoms with van der Waals surface area (Å²) in [4.78, 5) is 40.2. The van der Waals surface area contributed by atoms with Crippen molar-refractivity contribution in [2.24, 2.45) is 0 Å². The molecule has 1 aliphatic rings. The van der Waals surface area contributed by atoms with Crippen molar-refractivity contribution in [3.8, 4) is 5.75 Å². The van der Waals surface area contributed by atoms with E-state index in [1.807, 2.05) is 57.2 Å². The normalized spacial score (nSPS) is 17.4.